The van der Waals surface area contributed by atoms with Gasteiger partial charge in [-0.2, -0.15) is 5.10 Å². The quantitative estimate of drug-likeness (QED) is 0.487. The highest BCUT2D eigenvalue weighted by molar-refractivity contribution is 5.89. The van der Waals surface area contributed by atoms with E-state index in [9.17, 15) is 9.59 Å². The molecule has 4 aromatic rings. The van der Waals surface area contributed by atoms with E-state index in [0.29, 0.717) is 35.2 Å². The number of fused-ring (bicyclic) bond motifs is 2. The molecular formula is C22H23N5O4. The molecule has 31 heavy (non-hydrogen) atoms. The molecule has 0 radical (unpaired) electrons. The summed E-state index contributed by atoms with van der Waals surface area (Å²) in [6.45, 7) is 0.202. The van der Waals surface area contributed by atoms with Gasteiger partial charge < -0.3 is 19.4 Å². The molecule has 2 heterocycles. The second-order valence-electron chi connectivity index (χ2n) is 7.05. The zero-order valence-electron chi connectivity index (χ0n) is 17.6. The van der Waals surface area contributed by atoms with Gasteiger partial charge in [-0.3, -0.25) is 9.59 Å². The minimum atomic E-state index is -0.418. The fourth-order valence-electron chi connectivity index (χ4n) is 3.62. The number of nitrogens with zero attached hydrogens (tertiary/aromatic N) is 4. The molecule has 0 atom stereocenters. The molecule has 0 fully saturated rings. The lowest BCUT2D eigenvalue weighted by atomic mass is 10.1. The Morgan fingerprint density at radius 2 is 1.94 bits per heavy atom. The zero-order valence-corrected chi connectivity index (χ0v) is 17.6. The summed E-state index contributed by atoms with van der Waals surface area (Å²) < 4.78 is 13.8. The number of rotatable bonds is 7. The lowest BCUT2D eigenvalue weighted by molar-refractivity contribution is -0.121. The van der Waals surface area contributed by atoms with Crippen molar-refractivity contribution in [3.8, 4) is 11.5 Å². The van der Waals surface area contributed by atoms with Crippen molar-refractivity contribution in [2.45, 2.75) is 13.0 Å². The average Bonchev–Trinajstić information content (AvgIpc) is 3.10. The smallest absolute Gasteiger partial charge is 0.279 e. The molecule has 9 heteroatoms. The van der Waals surface area contributed by atoms with Crippen LogP contribution in [0, 0.1) is 0 Å². The number of carbonyl (C=O) groups excluding carboxylic acids is 1. The van der Waals surface area contributed by atoms with Crippen molar-refractivity contribution in [3.05, 3.63) is 58.8 Å². The van der Waals surface area contributed by atoms with Crippen molar-refractivity contribution >= 4 is 27.7 Å². The van der Waals surface area contributed by atoms with E-state index < -0.39 is 5.56 Å². The Morgan fingerprint density at radius 3 is 2.68 bits per heavy atom. The number of aryl methyl sites for hydroxylation is 1. The zero-order chi connectivity index (χ0) is 22.0. The van der Waals surface area contributed by atoms with Gasteiger partial charge in [0.2, 0.25) is 5.91 Å². The highest BCUT2D eigenvalue weighted by Crippen LogP contribution is 2.32. The predicted octanol–water partition coefficient (Wildman–Crippen LogP) is 1.66. The fourth-order valence-corrected chi connectivity index (χ4v) is 3.62. The number of benzene rings is 2. The maximum Gasteiger partial charge on any atom is 0.279 e. The van der Waals surface area contributed by atoms with Crippen molar-refractivity contribution in [2.75, 3.05) is 20.8 Å². The van der Waals surface area contributed by atoms with Gasteiger partial charge in [0.05, 0.1) is 36.8 Å². The second-order valence-corrected chi connectivity index (χ2v) is 7.05. The molecule has 0 aliphatic heterocycles. The van der Waals surface area contributed by atoms with Crippen molar-refractivity contribution in [1.82, 2.24) is 24.6 Å². The minimum Gasteiger partial charge on any atom is -0.493 e. The predicted molar refractivity (Wildman–Crippen MR) is 117 cm³/mol. The van der Waals surface area contributed by atoms with Crippen LogP contribution in [-0.4, -0.2) is 46.0 Å². The van der Waals surface area contributed by atoms with E-state index in [-0.39, 0.29) is 12.5 Å². The number of nitrogens with one attached hydrogen (secondary N) is 1. The van der Waals surface area contributed by atoms with E-state index in [0.717, 1.165) is 21.5 Å². The molecule has 2 aromatic carbocycles. The van der Waals surface area contributed by atoms with Gasteiger partial charge in [0.25, 0.3) is 5.56 Å². The first-order valence-corrected chi connectivity index (χ1v) is 9.81. The van der Waals surface area contributed by atoms with E-state index in [1.165, 1.54) is 20.4 Å². The summed E-state index contributed by atoms with van der Waals surface area (Å²) in [6, 6.07) is 11.3. The highest BCUT2D eigenvalue weighted by atomic mass is 16.5. The average molecular weight is 421 g/mol. The molecule has 0 unspecified atom stereocenters. The van der Waals surface area contributed by atoms with E-state index in [2.05, 4.69) is 15.4 Å². The van der Waals surface area contributed by atoms with Gasteiger partial charge in [-0.15, -0.1) is 0 Å². The third-order valence-electron chi connectivity index (χ3n) is 5.21. The first-order valence-electron chi connectivity index (χ1n) is 9.81. The van der Waals surface area contributed by atoms with Gasteiger partial charge in [0, 0.05) is 25.4 Å². The van der Waals surface area contributed by atoms with Crippen LogP contribution in [0.5, 0.6) is 11.5 Å². The maximum atomic E-state index is 12.9. The van der Waals surface area contributed by atoms with Gasteiger partial charge in [-0.25, -0.2) is 9.67 Å². The molecule has 160 valence electrons. The summed E-state index contributed by atoms with van der Waals surface area (Å²) in [7, 11) is 4.92. The van der Waals surface area contributed by atoms with Gasteiger partial charge in [-0.05, 0) is 24.3 Å². The van der Waals surface area contributed by atoms with Crippen LogP contribution in [0.15, 0.2) is 47.4 Å². The molecular weight excluding hydrogens is 398 g/mol. The third kappa shape index (κ3) is 3.81. The van der Waals surface area contributed by atoms with Crippen LogP contribution in [0.1, 0.15) is 5.82 Å². The number of carbonyl (C=O) groups is 1. The van der Waals surface area contributed by atoms with Crippen molar-refractivity contribution < 1.29 is 14.3 Å². The molecule has 4 rings (SSSR count). The molecule has 1 N–H and O–H groups in total. The van der Waals surface area contributed by atoms with Gasteiger partial charge >= 0.3 is 0 Å². The molecule has 0 aliphatic rings. The Kier molecular flexibility index (Phi) is 5.57. The topological polar surface area (TPSA) is 100 Å². The van der Waals surface area contributed by atoms with Crippen LogP contribution in [0.25, 0.3) is 21.8 Å². The summed E-state index contributed by atoms with van der Waals surface area (Å²) in [5.41, 5.74) is 1.54. The van der Waals surface area contributed by atoms with Crippen LogP contribution < -0.4 is 20.3 Å². The fraction of sp³-hybridized carbons (Fsp3) is 0.273. The largest absolute Gasteiger partial charge is 0.493 e. The SMILES string of the molecule is COc1ccc2cnn(CC(=O)NCCc3nc4ccccc4n3C)c(=O)c2c1OC. The first kappa shape index (κ1) is 20.4. The number of hydrogen-bond donors (Lipinski definition) is 1. The van der Waals surface area contributed by atoms with Crippen molar-refractivity contribution in [1.29, 1.82) is 0 Å². The van der Waals surface area contributed by atoms with Gasteiger partial charge in [0.1, 0.15) is 12.4 Å². The molecule has 0 saturated carbocycles. The number of para-hydroxylation sites is 2. The Labute approximate surface area is 178 Å². The number of amides is 1. The molecule has 2 aromatic heterocycles. The Bertz CT molecular complexity index is 1320. The molecule has 0 spiro atoms. The second kappa shape index (κ2) is 8.47. The summed E-state index contributed by atoms with van der Waals surface area (Å²) in [4.78, 5) is 29.9. The third-order valence-corrected chi connectivity index (χ3v) is 5.21. The molecule has 0 saturated heterocycles. The molecule has 9 nitrogen and oxygen atoms in total. The number of aromatic nitrogens is 4. The van der Waals surface area contributed by atoms with E-state index >= 15 is 0 Å². The number of imidazole rings is 1. The van der Waals surface area contributed by atoms with Gasteiger partial charge in [-0.1, -0.05) is 12.1 Å². The summed E-state index contributed by atoms with van der Waals surface area (Å²) in [5.74, 6) is 1.33. The van der Waals surface area contributed by atoms with E-state index in [1.807, 2.05) is 35.9 Å². The molecule has 1 amide bonds. The Morgan fingerprint density at radius 1 is 1.13 bits per heavy atom. The minimum absolute atomic E-state index is 0.197. The number of hydrogen-bond acceptors (Lipinski definition) is 6. The van der Waals surface area contributed by atoms with E-state index in [1.54, 1.807) is 12.1 Å². The van der Waals surface area contributed by atoms with Crippen LogP contribution >= 0.6 is 0 Å². The van der Waals surface area contributed by atoms with Crippen molar-refractivity contribution in [2.24, 2.45) is 7.05 Å². The van der Waals surface area contributed by atoms with Crippen LogP contribution in [-0.2, 0) is 24.8 Å². The standard InChI is InChI=1S/C22H23N5O4/c1-26-16-7-5-4-6-15(16)25-18(26)10-11-23-19(28)13-27-22(29)20-14(12-24-27)8-9-17(30-2)21(20)31-3/h4-9,12H,10-11,13H2,1-3H3,(H,23,28). The van der Waals surface area contributed by atoms with E-state index in [4.69, 9.17) is 9.47 Å². The lowest BCUT2D eigenvalue weighted by Gasteiger charge is -2.12. The highest BCUT2D eigenvalue weighted by Gasteiger charge is 2.16. The summed E-state index contributed by atoms with van der Waals surface area (Å²) in [5, 5.41) is 7.88. The summed E-state index contributed by atoms with van der Waals surface area (Å²) in [6.07, 6.45) is 2.10. The van der Waals surface area contributed by atoms with Crippen molar-refractivity contribution in [3.63, 3.8) is 0 Å². The van der Waals surface area contributed by atoms with Crippen LogP contribution in [0.3, 0.4) is 0 Å². The van der Waals surface area contributed by atoms with Crippen LogP contribution in [0.4, 0.5) is 0 Å². The first-order chi connectivity index (χ1) is 15.0. The lowest BCUT2D eigenvalue weighted by Crippen LogP contribution is -2.34. The number of methoxy groups -OCH3 is 2. The molecule has 0 aliphatic carbocycles. The Balaban J connectivity index is 1.47. The monoisotopic (exact) mass is 421 g/mol. The normalized spacial score (nSPS) is 11.1. The van der Waals surface area contributed by atoms with Crippen LogP contribution in [0.2, 0.25) is 0 Å². The Hall–Kier alpha value is -3.88. The summed E-state index contributed by atoms with van der Waals surface area (Å²) >= 11 is 0. The number of ether oxygens (including phenoxy) is 2. The maximum absolute atomic E-state index is 12.9. The van der Waals surface area contributed by atoms with Gasteiger partial charge in [0.15, 0.2) is 11.5 Å². The molecule has 0 bridgehead atoms.